The minimum Gasteiger partial charge on any atom is -0.807 e. The molecule has 0 radical (unpaired) electrons. The quantitative estimate of drug-likeness (QED) is 0.581. The van der Waals surface area contributed by atoms with E-state index < -0.39 is 0 Å². The second-order valence-electron chi connectivity index (χ2n) is 2.64. The van der Waals surface area contributed by atoms with Crippen molar-refractivity contribution in [3.05, 3.63) is 36.9 Å². The molecule has 0 unspecified atom stereocenters. The van der Waals surface area contributed by atoms with E-state index in [0.717, 1.165) is 5.69 Å². The highest BCUT2D eigenvalue weighted by Crippen LogP contribution is 2.31. The second kappa shape index (κ2) is 2.86. The molecule has 0 amide bonds. The van der Waals surface area contributed by atoms with Crippen molar-refractivity contribution in [2.45, 2.75) is 0 Å². The monoisotopic (exact) mass is 172 g/mol. The first-order chi connectivity index (χ1) is 6.33. The van der Waals surface area contributed by atoms with E-state index in [2.05, 4.69) is 11.6 Å². The minimum absolute atomic E-state index is 0.263. The fourth-order valence-corrected chi connectivity index (χ4v) is 1.27. The van der Waals surface area contributed by atoms with Crippen LogP contribution in [-0.4, -0.2) is 16.8 Å². The van der Waals surface area contributed by atoms with E-state index in [1.165, 1.54) is 4.58 Å². The number of fused-ring (bicyclic) bond motifs is 1. The Bertz CT molecular complexity index is 419. The number of hydrogen-bond donors (Lipinski definition) is 0. The Hall–Kier alpha value is -1.90. The lowest BCUT2D eigenvalue weighted by Crippen LogP contribution is -2.26. The summed E-state index contributed by atoms with van der Waals surface area (Å²) in [7, 11) is 0. The van der Waals surface area contributed by atoms with Gasteiger partial charge in [0.05, 0.1) is 6.21 Å². The lowest BCUT2D eigenvalue weighted by atomic mass is 10.3. The van der Waals surface area contributed by atoms with E-state index in [1.54, 1.807) is 12.3 Å². The van der Waals surface area contributed by atoms with Crippen molar-refractivity contribution in [1.29, 1.82) is 0 Å². The Labute approximate surface area is 76.0 Å². The van der Waals surface area contributed by atoms with E-state index in [9.17, 15) is 5.11 Å². The molecule has 0 saturated heterocycles. The van der Waals surface area contributed by atoms with Crippen molar-refractivity contribution in [3.63, 3.8) is 0 Å². The number of nitrogens with zero attached hydrogens (tertiary/aromatic N) is 2. The van der Waals surface area contributed by atoms with E-state index in [0.29, 0.717) is 5.69 Å². The molecule has 1 heterocycles. The maximum atomic E-state index is 11.3. The zero-order valence-corrected chi connectivity index (χ0v) is 6.97. The Balaban J connectivity index is 2.61. The summed E-state index contributed by atoms with van der Waals surface area (Å²) in [5.41, 5.74) is 1.53. The van der Waals surface area contributed by atoms with Crippen LogP contribution in [0.25, 0.3) is 0 Å². The molecule has 0 atom stereocenters. The Morgan fingerprint density at radius 2 is 2.15 bits per heavy atom. The summed E-state index contributed by atoms with van der Waals surface area (Å²) in [4.78, 5) is 3.86. The van der Waals surface area contributed by atoms with Gasteiger partial charge in [-0.15, -0.1) is 0 Å². The summed E-state index contributed by atoms with van der Waals surface area (Å²) in [6, 6.07) is 7.12. The first-order valence-electron chi connectivity index (χ1n) is 3.93. The number of para-hydroxylation sites is 2. The SMILES string of the molecule is C=C/C=[N+]1\C([O-])=Nc2ccccc21. The van der Waals surface area contributed by atoms with Crippen LogP contribution in [0.3, 0.4) is 0 Å². The lowest BCUT2D eigenvalue weighted by Gasteiger charge is -2.00. The molecule has 13 heavy (non-hydrogen) atoms. The molecule has 64 valence electrons. The van der Waals surface area contributed by atoms with Gasteiger partial charge in [0, 0.05) is 0 Å². The van der Waals surface area contributed by atoms with Crippen molar-refractivity contribution >= 4 is 23.6 Å². The number of benzene rings is 1. The first-order valence-corrected chi connectivity index (χ1v) is 3.93. The molecule has 2 rings (SSSR count). The van der Waals surface area contributed by atoms with Crippen LogP contribution in [0, 0.1) is 0 Å². The Kier molecular flexibility index (Phi) is 1.70. The van der Waals surface area contributed by atoms with Gasteiger partial charge in [-0.3, -0.25) is 0 Å². The van der Waals surface area contributed by atoms with Crippen LogP contribution in [-0.2, 0) is 0 Å². The van der Waals surface area contributed by atoms with E-state index in [-0.39, 0.29) is 6.02 Å². The van der Waals surface area contributed by atoms with Crippen molar-refractivity contribution in [3.8, 4) is 0 Å². The third-order valence-electron chi connectivity index (χ3n) is 1.82. The molecule has 1 aliphatic rings. The Morgan fingerprint density at radius 1 is 1.38 bits per heavy atom. The van der Waals surface area contributed by atoms with E-state index in [1.807, 2.05) is 24.3 Å². The number of aliphatic imine (C=N–C) groups is 1. The zero-order valence-electron chi connectivity index (χ0n) is 6.97. The van der Waals surface area contributed by atoms with Gasteiger partial charge in [0.15, 0.2) is 5.69 Å². The van der Waals surface area contributed by atoms with Gasteiger partial charge in [-0.2, -0.15) is 0 Å². The van der Waals surface area contributed by atoms with Crippen LogP contribution in [0.2, 0.25) is 0 Å². The highest BCUT2D eigenvalue weighted by atomic mass is 16.3. The molecule has 1 aromatic carbocycles. The van der Waals surface area contributed by atoms with Crippen LogP contribution in [0.1, 0.15) is 0 Å². The third kappa shape index (κ3) is 1.14. The largest absolute Gasteiger partial charge is 0.807 e. The van der Waals surface area contributed by atoms with E-state index >= 15 is 0 Å². The van der Waals surface area contributed by atoms with Gasteiger partial charge in [0.1, 0.15) is 0 Å². The standard InChI is InChI=1S/C10H8N2O/c1-2-7-12-9-6-4-3-5-8(9)11-10(12)13/h2-7H,1H2/b12-7-. The summed E-state index contributed by atoms with van der Waals surface area (Å²) in [5, 5.41) is 11.3. The predicted octanol–water partition coefficient (Wildman–Crippen LogP) is 0.949. The first kappa shape index (κ1) is 7.73. The van der Waals surface area contributed by atoms with Gasteiger partial charge in [-0.25, -0.2) is 4.58 Å². The maximum Gasteiger partial charge on any atom is 0.276 e. The normalized spacial score (nSPS) is 16.9. The molecular formula is C10H8N2O. The van der Waals surface area contributed by atoms with E-state index in [4.69, 9.17) is 0 Å². The summed E-state index contributed by atoms with van der Waals surface area (Å²) < 4.78 is 1.47. The topological polar surface area (TPSA) is 38.4 Å². The smallest absolute Gasteiger partial charge is 0.276 e. The molecule has 0 spiro atoms. The van der Waals surface area contributed by atoms with Crippen LogP contribution in [0.5, 0.6) is 0 Å². The average Bonchev–Trinajstić information content (AvgIpc) is 2.44. The molecule has 3 heteroatoms. The molecule has 3 nitrogen and oxygen atoms in total. The fraction of sp³-hybridized carbons (Fsp3) is 0. The summed E-state index contributed by atoms with van der Waals surface area (Å²) in [6.07, 6.45) is 3.17. The number of hydrogen-bond acceptors (Lipinski definition) is 2. The molecule has 0 N–H and O–H groups in total. The van der Waals surface area contributed by atoms with Crippen molar-refractivity contribution in [2.75, 3.05) is 0 Å². The molecular weight excluding hydrogens is 164 g/mol. The summed E-state index contributed by atoms with van der Waals surface area (Å²) >= 11 is 0. The minimum atomic E-state index is -0.263. The second-order valence-corrected chi connectivity index (χ2v) is 2.64. The lowest BCUT2D eigenvalue weighted by molar-refractivity contribution is -0.419. The Morgan fingerprint density at radius 3 is 2.92 bits per heavy atom. The van der Waals surface area contributed by atoms with Gasteiger partial charge in [0.2, 0.25) is 5.69 Å². The van der Waals surface area contributed by atoms with Crippen molar-refractivity contribution < 1.29 is 9.68 Å². The van der Waals surface area contributed by atoms with Gasteiger partial charge < -0.3 is 5.11 Å². The molecule has 0 saturated carbocycles. The maximum absolute atomic E-state index is 11.3. The summed E-state index contributed by atoms with van der Waals surface area (Å²) in [5.74, 6) is 0. The van der Waals surface area contributed by atoms with Gasteiger partial charge >= 0.3 is 0 Å². The highest BCUT2D eigenvalue weighted by Gasteiger charge is 2.21. The molecule has 0 aliphatic carbocycles. The van der Waals surface area contributed by atoms with Crippen LogP contribution >= 0.6 is 0 Å². The van der Waals surface area contributed by atoms with Gasteiger partial charge in [-0.1, -0.05) is 23.7 Å². The molecule has 1 aromatic rings. The number of amidine groups is 1. The molecule has 0 fully saturated rings. The zero-order chi connectivity index (χ0) is 9.26. The molecule has 0 aromatic heterocycles. The van der Waals surface area contributed by atoms with Crippen molar-refractivity contribution in [2.24, 2.45) is 4.99 Å². The van der Waals surface area contributed by atoms with Crippen LogP contribution in [0.15, 0.2) is 41.9 Å². The number of rotatable bonds is 1. The highest BCUT2D eigenvalue weighted by molar-refractivity contribution is 5.84. The van der Waals surface area contributed by atoms with Crippen LogP contribution in [0.4, 0.5) is 11.4 Å². The molecule has 0 bridgehead atoms. The fourth-order valence-electron chi connectivity index (χ4n) is 1.27. The average molecular weight is 172 g/mol. The van der Waals surface area contributed by atoms with Crippen LogP contribution < -0.4 is 5.11 Å². The number of allylic oxidation sites excluding steroid dienone is 1. The summed E-state index contributed by atoms with van der Waals surface area (Å²) in [6.45, 7) is 3.54. The van der Waals surface area contributed by atoms with Gasteiger partial charge in [-0.05, 0) is 18.2 Å². The molecule has 1 aliphatic heterocycles. The predicted molar refractivity (Wildman–Crippen MR) is 49.7 cm³/mol. The van der Waals surface area contributed by atoms with Crippen molar-refractivity contribution in [1.82, 2.24) is 0 Å². The van der Waals surface area contributed by atoms with Gasteiger partial charge in [0.25, 0.3) is 6.02 Å². The third-order valence-corrected chi connectivity index (χ3v) is 1.82.